The highest BCUT2D eigenvalue weighted by atomic mass is 16.5. The monoisotopic (exact) mass is 388 g/mol. The van der Waals surface area contributed by atoms with Crippen molar-refractivity contribution in [1.82, 2.24) is 4.90 Å². The number of rotatable bonds is 7. The second-order valence-electron chi connectivity index (χ2n) is 8.48. The maximum atomic E-state index is 12.9. The lowest BCUT2D eigenvalue weighted by atomic mass is 9.78. The minimum absolute atomic E-state index is 0.0311. The predicted molar refractivity (Wildman–Crippen MR) is 113 cm³/mol. The van der Waals surface area contributed by atoms with Gasteiger partial charge in [-0.05, 0) is 75.4 Å². The maximum Gasteiger partial charge on any atom is 0.256 e. The third-order valence-corrected chi connectivity index (χ3v) is 6.25. The number of nitrogens with one attached hydrogen (secondary N) is 1. The van der Waals surface area contributed by atoms with Gasteiger partial charge in [0, 0.05) is 19.3 Å². The Balaban J connectivity index is 1.47. The Kier molecular flexibility index (Phi) is 7.74. The molecule has 0 bridgehead atoms. The summed E-state index contributed by atoms with van der Waals surface area (Å²) >= 11 is 0. The van der Waals surface area contributed by atoms with Crippen LogP contribution < -0.4 is 10.1 Å². The SMILES string of the molecule is CO[C@]1(C(=O)Nc2ccc(OCCN3CCCCCC3)cc2)CCC[C@@H](C)C1. The molecular weight excluding hydrogens is 352 g/mol. The molecule has 0 radical (unpaired) electrons. The van der Waals surface area contributed by atoms with Gasteiger partial charge in [-0.1, -0.05) is 26.2 Å². The van der Waals surface area contributed by atoms with Gasteiger partial charge in [-0.15, -0.1) is 0 Å². The van der Waals surface area contributed by atoms with Crippen molar-refractivity contribution < 1.29 is 14.3 Å². The molecule has 1 aliphatic heterocycles. The number of methoxy groups -OCH3 is 1. The van der Waals surface area contributed by atoms with Gasteiger partial charge in [-0.2, -0.15) is 0 Å². The number of carbonyl (C=O) groups excluding carboxylic acids is 1. The molecule has 3 rings (SSSR count). The van der Waals surface area contributed by atoms with E-state index in [-0.39, 0.29) is 5.91 Å². The number of carbonyl (C=O) groups is 1. The molecule has 2 atom stereocenters. The van der Waals surface area contributed by atoms with Gasteiger partial charge in [-0.25, -0.2) is 0 Å². The Morgan fingerprint density at radius 3 is 2.50 bits per heavy atom. The zero-order valence-electron chi connectivity index (χ0n) is 17.5. The van der Waals surface area contributed by atoms with Crippen LogP contribution in [0.2, 0.25) is 0 Å². The third-order valence-electron chi connectivity index (χ3n) is 6.25. The fraction of sp³-hybridized carbons (Fsp3) is 0.696. The van der Waals surface area contributed by atoms with Crippen LogP contribution in [0.4, 0.5) is 5.69 Å². The molecule has 5 heteroatoms. The standard InChI is InChI=1S/C23H36N2O3/c1-19-8-7-13-23(18-19,27-2)22(26)24-20-9-11-21(12-10-20)28-17-16-25-14-5-3-4-6-15-25/h9-12,19H,3-8,13-18H2,1-2H3,(H,24,26)/t19-,23-/m1/s1. The zero-order valence-corrected chi connectivity index (χ0v) is 17.5. The van der Waals surface area contributed by atoms with Crippen molar-refractivity contribution in [3.05, 3.63) is 24.3 Å². The molecule has 1 N–H and O–H groups in total. The minimum Gasteiger partial charge on any atom is -0.492 e. The van der Waals surface area contributed by atoms with Crippen LogP contribution in [0.1, 0.15) is 58.3 Å². The van der Waals surface area contributed by atoms with Gasteiger partial charge in [0.25, 0.3) is 5.91 Å². The Morgan fingerprint density at radius 1 is 1.14 bits per heavy atom. The maximum absolute atomic E-state index is 12.9. The number of likely N-dealkylation sites (tertiary alicyclic amines) is 1. The molecule has 1 heterocycles. The van der Waals surface area contributed by atoms with Gasteiger partial charge in [-0.3, -0.25) is 9.69 Å². The second kappa shape index (κ2) is 10.3. The highest BCUT2D eigenvalue weighted by Crippen LogP contribution is 2.35. The average Bonchev–Trinajstić information content (AvgIpc) is 2.98. The molecule has 5 nitrogen and oxygen atoms in total. The van der Waals surface area contributed by atoms with Crippen LogP contribution in [-0.2, 0) is 9.53 Å². The Bertz CT molecular complexity index is 611. The van der Waals surface area contributed by atoms with Gasteiger partial charge in [0.1, 0.15) is 18.0 Å². The summed E-state index contributed by atoms with van der Waals surface area (Å²) in [6, 6.07) is 7.69. The first-order valence-electron chi connectivity index (χ1n) is 10.9. The first-order chi connectivity index (χ1) is 13.6. The van der Waals surface area contributed by atoms with Gasteiger partial charge in [0.15, 0.2) is 0 Å². The van der Waals surface area contributed by atoms with E-state index >= 15 is 0 Å². The Hall–Kier alpha value is -1.59. The van der Waals surface area contributed by atoms with E-state index in [2.05, 4.69) is 17.1 Å². The fourth-order valence-electron chi connectivity index (χ4n) is 4.52. The molecule has 156 valence electrons. The fourth-order valence-corrected chi connectivity index (χ4v) is 4.52. The summed E-state index contributed by atoms with van der Waals surface area (Å²) in [7, 11) is 1.65. The van der Waals surface area contributed by atoms with Gasteiger partial charge >= 0.3 is 0 Å². The van der Waals surface area contributed by atoms with Crippen LogP contribution in [0.3, 0.4) is 0 Å². The summed E-state index contributed by atoms with van der Waals surface area (Å²) in [5.41, 5.74) is 0.0968. The van der Waals surface area contributed by atoms with Crippen molar-refractivity contribution in [2.45, 2.75) is 63.9 Å². The van der Waals surface area contributed by atoms with Crippen LogP contribution in [-0.4, -0.2) is 49.8 Å². The molecule has 28 heavy (non-hydrogen) atoms. The summed E-state index contributed by atoms with van der Waals surface area (Å²) < 4.78 is 11.6. The number of nitrogens with zero attached hydrogens (tertiary/aromatic N) is 1. The number of hydrogen-bond donors (Lipinski definition) is 1. The number of benzene rings is 1. The molecule has 1 aliphatic carbocycles. The van der Waals surface area contributed by atoms with Gasteiger partial charge < -0.3 is 14.8 Å². The quantitative estimate of drug-likeness (QED) is 0.748. The molecule has 1 saturated heterocycles. The predicted octanol–water partition coefficient (Wildman–Crippen LogP) is 4.48. The largest absolute Gasteiger partial charge is 0.492 e. The summed E-state index contributed by atoms with van der Waals surface area (Å²) in [4.78, 5) is 15.4. The lowest BCUT2D eigenvalue weighted by Crippen LogP contribution is -2.47. The molecule has 2 fully saturated rings. The van der Waals surface area contributed by atoms with Crippen LogP contribution >= 0.6 is 0 Å². The van der Waals surface area contributed by atoms with Crippen molar-refractivity contribution >= 4 is 11.6 Å². The highest BCUT2D eigenvalue weighted by molar-refractivity contribution is 5.97. The smallest absolute Gasteiger partial charge is 0.256 e. The van der Waals surface area contributed by atoms with Crippen LogP contribution in [0, 0.1) is 5.92 Å². The lowest BCUT2D eigenvalue weighted by molar-refractivity contribution is -0.143. The van der Waals surface area contributed by atoms with E-state index in [0.29, 0.717) is 12.5 Å². The van der Waals surface area contributed by atoms with Crippen molar-refractivity contribution in [3.8, 4) is 5.75 Å². The summed E-state index contributed by atoms with van der Waals surface area (Å²) in [5, 5.41) is 3.04. The zero-order chi connectivity index (χ0) is 19.8. The summed E-state index contributed by atoms with van der Waals surface area (Å²) in [6.45, 7) is 6.25. The highest BCUT2D eigenvalue weighted by Gasteiger charge is 2.41. The molecule has 0 unspecified atom stereocenters. The van der Waals surface area contributed by atoms with Crippen LogP contribution in [0.5, 0.6) is 5.75 Å². The van der Waals surface area contributed by atoms with Crippen molar-refractivity contribution in [3.63, 3.8) is 0 Å². The van der Waals surface area contributed by atoms with Crippen molar-refractivity contribution in [1.29, 1.82) is 0 Å². The Morgan fingerprint density at radius 2 is 1.86 bits per heavy atom. The number of ether oxygens (including phenoxy) is 2. The molecule has 1 aromatic carbocycles. The topological polar surface area (TPSA) is 50.8 Å². The van der Waals surface area contributed by atoms with E-state index in [0.717, 1.165) is 37.2 Å². The van der Waals surface area contributed by atoms with E-state index in [1.54, 1.807) is 7.11 Å². The number of amides is 1. The van der Waals surface area contributed by atoms with Crippen molar-refractivity contribution in [2.75, 3.05) is 38.7 Å². The number of hydrogen-bond acceptors (Lipinski definition) is 4. The van der Waals surface area contributed by atoms with E-state index < -0.39 is 5.60 Å². The molecule has 1 saturated carbocycles. The Labute approximate surface area is 169 Å². The molecule has 0 spiro atoms. The second-order valence-corrected chi connectivity index (χ2v) is 8.48. The lowest BCUT2D eigenvalue weighted by Gasteiger charge is -2.37. The van der Waals surface area contributed by atoms with E-state index in [4.69, 9.17) is 9.47 Å². The summed E-state index contributed by atoms with van der Waals surface area (Å²) in [6.07, 6.45) is 9.09. The first-order valence-corrected chi connectivity index (χ1v) is 10.9. The summed E-state index contributed by atoms with van der Waals surface area (Å²) in [5.74, 6) is 1.33. The normalized spacial score (nSPS) is 26.4. The van der Waals surface area contributed by atoms with E-state index in [1.807, 2.05) is 24.3 Å². The third kappa shape index (κ3) is 5.71. The van der Waals surface area contributed by atoms with Crippen molar-refractivity contribution in [2.24, 2.45) is 5.92 Å². The molecule has 1 aromatic rings. The van der Waals surface area contributed by atoms with E-state index in [1.165, 1.54) is 45.2 Å². The van der Waals surface area contributed by atoms with Crippen LogP contribution in [0.25, 0.3) is 0 Å². The van der Waals surface area contributed by atoms with Gasteiger partial charge in [0.2, 0.25) is 0 Å². The van der Waals surface area contributed by atoms with Gasteiger partial charge in [0.05, 0.1) is 0 Å². The molecule has 0 aromatic heterocycles. The minimum atomic E-state index is -0.694. The average molecular weight is 389 g/mol. The van der Waals surface area contributed by atoms with E-state index in [9.17, 15) is 4.79 Å². The molecule has 2 aliphatic rings. The van der Waals surface area contributed by atoms with Crippen LogP contribution in [0.15, 0.2) is 24.3 Å². The molecular formula is C23H36N2O3. The number of anilines is 1. The molecule has 1 amide bonds. The first kappa shape index (κ1) is 21.1.